The van der Waals surface area contributed by atoms with Crippen molar-refractivity contribution >= 4 is 6.03 Å². The molecule has 1 heterocycles. The van der Waals surface area contributed by atoms with Gasteiger partial charge in [0.25, 0.3) is 0 Å². The average molecular weight is 213 g/mol. The molecule has 0 radical (unpaired) electrons. The highest BCUT2D eigenvalue weighted by Gasteiger charge is 2.22. The molecule has 2 amide bonds. The van der Waals surface area contributed by atoms with Crippen LogP contribution in [-0.4, -0.2) is 43.7 Å². The van der Waals surface area contributed by atoms with Gasteiger partial charge in [-0.15, -0.1) is 0 Å². The van der Waals surface area contributed by atoms with Crippen molar-refractivity contribution in [2.75, 3.05) is 26.7 Å². The van der Waals surface area contributed by atoms with Crippen LogP contribution in [0.2, 0.25) is 0 Å². The molecule has 0 spiro atoms. The molecule has 0 bridgehead atoms. The molecule has 4 heteroatoms. The van der Waals surface area contributed by atoms with Crippen LogP contribution in [0, 0.1) is 5.92 Å². The van der Waals surface area contributed by atoms with Gasteiger partial charge in [0.2, 0.25) is 0 Å². The number of urea groups is 1. The Kier molecular flexibility index (Phi) is 4.88. The van der Waals surface area contributed by atoms with Crippen molar-refractivity contribution in [3.63, 3.8) is 0 Å². The molecule has 1 saturated heterocycles. The lowest BCUT2D eigenvalue weighted by molar-refractivity contribution is 0.165. The van der Waals surface area contributed by atoms with Crippen molar-refractivity contribution in [3.05, 3.63) is 0 Å². The largest absolute Gasteiger partial charge is 0.341 e. The summed E-state index contributed by atoms with van der Waals surface area (Å²) in [5.74, 6) is 0.610. The van der Waals surface area contributed by atoms with Gasteiger partial charge in [-0.25, -0.2) is 4.79 Å². The van der Waals surface area contributed by atoms with E-state index in [0.717, 1.165) is 26.1 Å². The first-order chi connectivity index (χ1) is 7.13. The monoisotopic (exact) mass is 213 g/mol. The summed E-state index contributed by atoms with van der Waals surface area (Å²) in [5, 5.41) is 6.12. The molecule has 0 aromatic rings. The van der Waals surface area contributed by atoms with E-state index < -0.39 is 0 Å². The quantitative estimate of drug-likeness (QED) is 0.735. The number of piperidine rings is 1. The van der Waals surface area contributed by atoms with E-state index in [0.29, 0.717) is 12.0 Å². The van der Waals surface area contributed by atoms with E-state index in [1.165, 1.54) is 6.42 Å². The minimum absolute atomic E-state index is 0.0595. The van der Waals surface area contributed by atoms with Crippen molar-refractivity contribution in [2.24, 2.45) is 5.92 Å². The van der Waals surface area contributed by atoms with Crippen LogP contribution in [-0.2, 0) is 0 Å². The Morgan fingerprint density at radius 2 is 2.27 bits per heavy atom. The van der Waals surface area contributed by atoms with Crippen LogP contribution in [0.5, 0.6) is 0 Å². The molecule has 1 aliphatic heterocycles. The number of likely N-dealkylation sites (tertiary alicyclic amines) is 1. The molecular formula is C11H23N3O. The van der Waals surface area contributed by atoms with Gasteiger partial charge in [-0.2, -0.15) is 0 Å². The van der Waals surface area contributed by atoms with Crippen LogP contribution in [0.25, 0.3) is 0 Å². The Bertz CT molecular complexity index is 206. The molecule has 15 heavy (non-hydrogen) atoms. The zero-order valence-electron chi connectivity index (χ0n) is 10.0. The van der Waals surface area contributed by atoms with Crippen molar-refractivity contribution in [2.45, 2.75) is 32.7 Å². The van der Waals surface area contributed by atoms with Crippen LogP contribution < -0.4 is 10.6 Å². The number of nitrogens with one attached hydrogen (secondary N) is 2. The van der Waals surface area contributed by atoms with Crippen LogP contribution in [0.15, 0.2) is 0 Å². The van der Waals surface area contributed by atoms with Gasteiger partial charge < -0.3 is 15.5 Å². The standard InChI is InChI=1S/C11H23N3O/c1-9(2)13-7-10-5-4-6-14(8-10)11(15)12-3/h9-10,13H,4-8H2,1-3H3,(H,12,15). The highest BCUT2D eigenvalue weighted by molar-refractivity contribution is 5.73. The van der Waals surface area contributed by atoms with E-state index in [2.05, 4.69) is 24.5 Å². The fraction of sp³-hybridized carbons (Fsp3) is 0.909. The zero-order valence-corrected chi connectivity index (χ0v) is 10.0. The molecule has 1 unspecified atom stereocenters. The number of amides is 2. The normalized spacial score (nSPS) is 21.9. The molecule has 4 nitrogen and oxygen atoms in total. The fourth-order valence-electron chi connectivity index (χ4n) is 1.98. The Labute approximate surface area is 92.4 Å². The van der Waals surface area contributed by atoms with E-state index in [1.54, 1.807) is 7.05 Å². The minimum Gasteiger partial charge on any atom is -0.341 e. The van der Waals surface area contributed by atoms with Crippen LogP contribution >= 0.6 is 0 Å². The van der Waals surface area contributed by atoms with Crippen molar-refractivity contribution in [1.82, 2.24) is 15.5 Å². The second-order valence-corrected chi connectivity index (χ2v) is 4.57. The van der Waals surface area contributed by atoms with Gasteiger partial charge in [0.15, 0.2) is 0 Å². The summed E-state index contributed by atoms with van der Waals surface area (Å²) in [7, 11) is 1.69. The third-order valence-corrected chi connectivity index (χ3v) is 2.83. The summed E-state index contributed by atoms with van der Waals surface area (Å²) in [6.07, 6.45) is 2.35. The van der Waals surface area contributed by atoms with Gasteiger partial charge in [-0.1, -0.05) is 13.8 Å². The lowest BCUT2D eigenvalue weighted by Crippen LogP contribution is -2.46. The predicted molar refractivity (Wildman–Crippen MR) is 61.9 cm³/mol. The zero-order chi connectivity index (χ0) is 11.3. The van der Waals surface area contributed by atoms with Gasteiger partial charge in [-0.3, -0.25) is 0 Å². The summed E-state index contributed by atoms with van der Waals surface area (Å²) in [5.41, 5.74) is 0. The van der Waals surface area contributed by atoms with Crippen LogP contribution in [0.1, 0.15) is 26.7 Å². The molecule has 88 valence electrons. The number of hydrogen-bond donors (Lipinski definition) is 2. The summed E-state index contributed by atoms with van der Waals surface area (Å²) >= 11 is 0. The number of nitrogens with zero attached hydrogens (tertiary/aromatic N) is 1. The van der Waals surface area contributed by atoms with Crippen LogP contribution in [0.4, 0.5) is 4.79 Å². The Hall–Kier alpha value is -0.770. The van der Waals surface area contributed by atoms with Crippen molar-refractivity contribution in [3.8, 4) is 0 Å². The van der Waals surface area contributed by atoms with E-state index in [1.807, 2.05) is 4.90 Å². The molecule has 0 aromatic heterocycles. The van der Waals surface area contributed by atoms with Crippen LogP contribution in [0.3, 0.4) is 0 Å². The van der Waals surface area contributed by atoms with E-state index in [-0.39, 0.29) is 6.03 Å². The average Bonchev–Trinajstić information content (AvgIpc) is 2.25. The number of carbonyl (C=O) groups excluding carboxylic acids is 1. The maximum atomic E-state index is 11.4. The fourth-order valence-corrected chi connectivity index (χ4v) is 1.98. The lowest BCUT2D eigenvalue weighted by Gasteiger charge is -2.32. The van der Waals surface area contributed by atoms with Crippen molar-refractivity contribution < 1.29 is 4.79 Å². The van der Waals surface area contributed by atoms with Gasteiger partial charge in [0.1, 0.15) is 0 Å². The second kappa shape index (κ2) is 5.95. The first kappa shape index (κ1) is 12.3. The molecule has 1 fully saturated rings. The SMILES string of the molecule is CNC(=O)N1CCCC(CNC(C)C)C1. The smallest absolute Gasteiger partial charge is 0.317 e. The topological polar surface area (TPSA) is 44.4 Å². The number of rotatable bonds is 3. The molecule has 1 atom stereocenters. The third-order valence-electron chi connectivity index (χ3n) is 2.83. The Morgan fingerprint density at radius 1 is 1.53 bits per heavy atom. The maximum absolute atomic E-state index is 11.4. The van der Waals surface area contributed by atoms with Gasteiger partial charge >= 0.3 is 6.03 Å². The third kappa shape index (κ3) is 4.08. The lowest BCUT2D eigenvalue weighted by atomic mass is 9.98. The van der Waals surface area contributed by atoms with Gasteiger partial charge in [0.05, 0.1) is 0 Å². The summed E-state index contributed by atoms with van der Waals surface area (Å²) in [4.78, 5) is 13.4. The summed E-state index contributed by atoms with van der Waals surface area (Å²) in [6.45, 7) is 7.11. The van der Waals surface area contributed by atoms with Gasteiger partial charge in [0, 0.05) is 26.2 Å². The minimum atomic E-state index is 0.0595. The van der Waals surface area contributed by atoms with E-state index in [9.17, 15) is 4.79 Å². The summed E-state index contributed by atoms with van der Waals surface area (Å²) in [6, 6.07) is 0.588. The maximum Gasteiger partial charge on any atom is 0.317 e. The molecular weight excluding hydrogens is 190 g/mol. The molecule has 2 N–H and O–H groups in total. The molecule has 1 rings (SSSR count). The highest BCUT2D eigenvalue weighted by atomic mass is 16.2. The molecule has 0 aromatic carbocycles. The number of carbonyl (C=O) groups is 1. The van der Waals surface area contributed by atoms with Gasteiger partial charge in [-0.05, 0) is 25.3 Å². The Balaban J connectivity index is 2.32. The predicted octanol–water partition coefficient (Wildman–Crippen LogP) is 1.04. The number of hydrogen-bond acceptors (Lipinski definition) is 2. The Morgan fingerprint density at radius 3 is 2.87 bits per heavy atom. The molecule has 1 aliphatic rings. The van der Waals surface area contributed by atoms with E-state index >= 15 is 0 Å². The first-order valence-corrected chi connectivity index (χ1v) is 5.83. The highest BCUT2D eigenvalue weighted by Crippen LogP contribution is 2.15. The summed E-state index contributed by atoms with van der Waals surface area (Å²) < 4.78 is 0. The first-order valence-electron chi connectivity index (χ1n) is 5.83. The second-order valence-electron chi connectivity index (χ2n) is 4.57. The molecule has 0 aliphatic carbocycles. The van der Waals surface area contributed by atoms with Crippen molar-refractivity contribution in [1.29, 1.82) is 0 Å². The molecule has 0 saturated carbocycles. The van der Waals surface area contributed by atoms with E-state index in [4.69, 9.17) is 0 Å².